The Balaban J connectivity index is 1.44. The summed E-state index contributed by atoms with van der Waals surface area (Å²) in [6.45, 7) is 1.22. The Hall–Kier alpha value is -4.57. The Labute approximate surface area is 212 Å². The summed E-state index contributed by atoms with van der Waals surface area (Å²) in [5.41, 5.74) is 2.61. The largest absolute Gasteiger partial charge is 0.396 e. The fourth-order valence-electron chi connectivity index (χ4n) is 4.17. The minimum absolute atomic E-state index is 0.00523. The fraction of sp³-hybridized carbons (Fsp3) is 0.222. The van der Waals surface area contributed by atoms with E-state index in [-0.39, 0.29) is 29.8 Å². The maximum absolute atomic E-state index is 13.4. The van der Waals surface area contributed by atoms with Crippen LogP contribution < -0.4 is 16.0 Å². The van der Waals surface area contributed by atoms with Crippen LogP contribution in [0.5, 0.6) is 0 Å². The summed E-state index contributed by atoms with van der Waals surface area (Å²) >= 11 is 0. The lowest BCUT2D eigenvalue weighted by Gasteiger charge is -2.24. The number of fused-ring (bicyclic) bond motifs is 2. The van der Waals surface area contributed by atoms with Gasteiger partial charge in [-0.15, -0.1) is 0 Å². The lowest BCUT2D eigenvalue weighted by molar-refractivity contribution is -0.384. The molecule has 0 aliphatic heterocycles. The molecule has 1 aliphatic rings. The molecule has 10 nitrogen and oxygen atoms in total. The first-order valence-electron chi connectivity index (χ1n) is 11.9. The van der Waals surface area contributed by atoms with Crippen LogP contribution in [-0.4, -0.2) is 53.7 Å². The Morgan fingerprint density at radius 2 is 1.32 bits per heavy atom. The van der Waals surface area contributed by atoms with Gasteiger partial charge in [0.15, 0.2) is 11.6 Å². The molecular formula is C27H26N4O6. The molecule has 0 unspecified atom stereocenters. The van der Waals surface area contributed by atoms with E-state index in [1.165, 1.54) is 24.3 Å². The average Bonchev–Trinajstić information content (AvgIpc) is 2.91. The van der Waals surface area contributed by atoms with Crippen LogP contribution in [0.4, 0.5) is 17.1 Å². The summed E-state index contributed by atoms with van der Waals surface area (Å²) in [6.07, 6.45) is 1.03. The number of nitro groups is 1. The number of aliphatic hydroxyl groups excluding tert-OH is 1. The molecule has 4 rings (SSSR count). The number of anilines is 2. The van der Waals surface area contributed by atoms with Crippen molar-refractivity contribution in [1.29, 1.82) is 0 Å². The molecule has 0 atom stereocenters. The molecule has 0 saturated carbocycles. The molecular weight excluding hydrogens is 476 g/mol. The number of ketones is 2. The van der Waals surface area contributed by atoms with Gasteiger partial charge in [0.05, 0.1) is 16.1 Å². The Morgan fingerprint density at radius 1 is 0.784 bits per heavy atom. The highest BCUT2D eigenvalue weighted by Gasteiger charge is 2.33. The van der Waals surface area contributed by atoms with Gasteiger partial charge in [-0.1, -0.05) is 24.3 Å². The maximum atomic E-state index is 13.4. The first kappa shape index (κ1) is 25.5. The van der Waals surface area contributed by atoms with Crippen LogP contribution in [0.1, 0.15) is 55.0 Å². The highest BCUT2D eigenvalue weighted by molar-refractivity contribution is 6.31. The molecule has 1 aliphatic carbocycles. The maximum Gasteiger partial charge on any atom is 0.269 e. The van der Waals surface area contributed by atoms with E-state index in [0.29, 0.717) is 71.7 Å². The number of nitro benzene ring substituents is 1. The van der Waals surface area contributed by atoms with E-state index < -0.39 is 4.92 Å². The highest BCUT2D eigenvalue weighted by atomic mass is 16.6. The number of rotatable bonds is 11. The highest BCUT2D eigenvalue weighted by Crippen LogP contribution is 2.36. The topological polar surface area (TPSA) is 151 Å². The number of nitrogens with one attached hydrogen (secondary N) is 3. The number of hydrogen-bond acceptors (Lipinski definition) is 8. The minimum atomic E-state index is -0.527. The van der Waals surface area contributed by atoms with Crippen LogP contribution in [-0.2, 0) is 0 Å². The zero-order chi connectivity index (χ0) is 26.4. The van der Waals surface area contributed by atoms with Crippen LogP contribution in [0.3, 0.4) is 0 Å². The predicted octanol–water partition coefficient (Wildman–Crippen LogP) is 3.40. The molecule has 4 N–H and O–H groups in total. The Bertz CT molecular complexity index is 1350. The quantitative estimate of drug-likeness (QED) is 0.138. The standard InChI is InChI=1S/C27H26N4O6/c32-16-4-15-29-22-12-11-21(23-24(22)26(34)20-6-2-1-5-19(20)25(23)33)28-13-3-14-30-27(35)17-7-9-18(10-8-17)31(36)37/h1-2,5-12,28-29,32H,3-4,13-16H2,(H,30,35). The second kappa shape index (κ2) is 11.4. The van der Waals surface area contributed by atoms with E-state index >= 15 is 0 Å². The number of non-ortho nitro benzene ring substituents is 1. The summed E-state index contributed by atoms with van der Waals surface area (Å²) in [5, 5.41) is 29.0. The Morgan fingerprint density at radius 3 is 1.84 bits per heavy atom. The molecule has 3 aromatic carbocycles. The fourth-order valence-corrected chi connectivity index (χ4v) is 4.17. The second-order valence-corrected chi connectivity index (χ2v) is 8.46. The van der Waals surface area contributed by atoms with Gasteiger partial charge in [0.1, 0.15) is 0 Å². The molecule has 0 radical (unpaired) electrons. The molecule has 3 aromatic rings. The van der Waals surface area contributed by atoms with E-state index in [2.05, 4.69) is 16.0 Å². The second-order valence-electron chi connectivity index (χ2n) is 8.46. The van der Waals surface area contributed by atoms with Gasteiger partial charge in [0.25, 0.3) is 11.6 Å². The van der Waals surface area contributed by atoms with Gasteiger partial charge in [-0.2, -0.15) is 0 Å². The van der Waals surface area contributed by atoms with Crippen molar-refractivity contribution in [3.8, 4) is 0 Å². The van der Waals surface area contributed by atoms with Gasteiger partial charge in [-0.3, -0.25) is 24.5 Å². The van der Waals surface area contributed by atoms with Crippen molar-refractivity contribution >= 4 is 34.5 Å². The van der Waals surface area contributed by atoms with Crippen molar-refractivity contribution in [2.75, 3.05) is 36.9 Å². The first-order chi connectivity index (χ1) is 17.9. The van der Waals surface area contributed by atoms with E-state index in [9.17, 15) is 24.5 Å². The van der Waals surface area contributed by atoms with Crippen LogP contribution in [0.2, 0.25) is 0 Å². The van der Waals surface area contributed by atoms with Gasteiger partial charge in [-0.25, -0.2) is 0 Å². The number of nitrogens with zero attached hydrogens (tertiary/aromatic N) is 1. The molecule has 0 fully saturated rings. The van der Waals surface area contributed by atoms with Crippen molar-refractivity contribution in [2.24, 2.45) is 0 Å². The number of aliphatic hydroxyl groups is 1. The third kappa shape index (κ3) is 5.49. The number of hydrogen-bond donors (Lipinski definition) is 4. The third-order valence-corrected chi connectivity index (χ3v) is 6.02. The SMILES string of the molecule is O=C(NCCCNc1ccc(NCCCO)c2c1C(=O)c1ccccc1C2=O)c1ccc([N+](=O)[O-])cc1. The number of benzene rings is 3. The van der Waals surface area contributed by atoms with Crippen molar-refractivity contribution in [1.82, 2.24) is 5.32 Å². The molecule has 0 aromatic heterocycles. The molecule has 0 saturated heterocycles. The van der Waals surface area contributed by atoms with Crippen LogP contribution >= 0.6 is 0 Å². The smallest absolute Gasteiger partial charge is 0.269 e. The molecule has 0 spiro atoms. The average molecular weight is 503 g/mol. The molecule has 0 heterocycles. The Kier molecular flexibility index (Phi) is 7.89. The summed E-state index contributed by atoms with van der Waals surface area (Å²) in [6, 6.07) is 15.6. The number of carbonyl (C=O) groups is 3. The summed E-state index contributed by atoms with van der Waals surface area (Å²) in [7, 11) is 0. The van der Waals surface area contributed by atoms with Crippen LogP contribution in [0, 0.1) is 10.1 Å². The number of amides is 1. The summed E-state index contributed by atoms with van der Waals surface area (Å²) < 4.78 is 0. The van der Waals surface area contributed by atoms with Crippen LogP contribution in [0.25, 0.3) is 0 Å². The molecule has 0 bridgehead atoms. The van der Waals surface area contributed by atoms with Gasteiger partial charge >= 0.3 is 0 Å². The van der Waals surface area contributed by atoms with E-state index in [1.54, 1.807) is 36.4 Å². The first-order valence-corrected chi connectivity index (χ1v) is 11.9. The zero-order valence-corrected chi connectivity index (χ0v) is 20.0. The van der Waals surface area contributed by atoms with Crippen molar-refractivity contribution in [2.45, 2.75) is 12.8 Å². The molecule has 190 valence electrons. The predicted molar refractivity (Wildman–Crippen MR) is 138 cm³/mol. The normalized spacial score (nSPS) is 11.9. The van der Waals surface area contributed by atoms with Crippen molar-refractivity contribution in [3.05, 3.63) is 98.6 Å². The van der Waals surface area contributed by atoms with Gasteiger partial charge in [-0.05, 0) is 37.1 Å². The molecule has 10 heteroatoms. The number of carbonyl (C=O) groups excluding carboxylic acids is 3. The van der Waals surface area contributed by atoms with E-state index in [1.807, 2.05) is 0 Å². The van der Waals surface area contributed by atoms with E-state index in [4.69, 9.17) is 5.11 Å². The zero-order valence-electron chi connectivity index (χ0n) is 20.0. The summed E-state index contributed by atoms with van der Waals surface area (Å²) in [5.74, 6) is -0.830. The van der Waals surface area contributed by atoms with Gasteiger partial charge in [0.2, 0.25) is 0 Å². The van der Waals surface area contributed by atoms with E-state index in [0.717, 1.165) is 0 Å². The van der Waals surface area contributed by atoms with Crippen molar-refractivity contribution in [3.63, 3.8) is 0 Å². The van der Waals surface area contributed by atoms with Gasteiger partial charge < -0.3 is 21.1 Å². The van der Waals surface area contributed by atoms with Crippen LogP contribution in [0.15, 0.2) is 60.7 Å². The lowest BCUT2D eigenvalue weighted by atomic mass is 9.82. The minimum Gasteiger partial charge on any atom is -0.396 e. The summed E-state index contributed by atoms with van der Waals surface area (Å²) in [4.78, 5) is 49.3. The third-order valence-electron chi connectivity index (χ3n) is 6.02. The lowest BCUT2D eigenvalue weighted by Crippen LogP contribution is -2.27. The molecule has 1 amide bonds. The monoisotopic (exact) mass is 502 g/mol. The molecule has 37 heavy (non-hydrogen) atoms. The van der Waals surface area contributed by atoms with Crippen molar-refractivity contribution < 1.29 is 24.4 Å². The van der Waals surface area contributed by atoms with Gasteiger partial charge in [0, 0.05) is 66.4 Å².